The highest BCUT2D eigenvalue weighted by molar-refractivity contribution is 7.21. The lowest BCUT2D eigenvalue weighted by molar-refractivity contribution is 0.0949. The minimum atomic E-state index is 0.00694. The van der Waals surface area contributed by atoms with E-state index < -0.39 is 0 Å². The van der Waals surface area contributed by atoms with Crippen LogP contribution >= 0.6 is 11.3 Å². The summed E-state index contributed by atoms with van der Waals surface area (Å²) in [6.45, 7) is 0. The fourth-order valence-corrected chi connectivity index (χ4v) is 5.87. The van der Waals surface area contributed by atoms with Gasteiger partial charge >= 0.3 is 0 Å². The van der Waals surface area contributed by atoms with Gasteiger partial charge in [0.25, 0.3) is 5.91 Å². The van der Waals surface area contributed by atoms with E-state index in [9.17, 15) is 4.79 Å². The number of carbonyl (C=O) groups is 1. The van der Waals surface area contributed by atoms with Gasteiger partial charge in [0.2, 0.25) is 0 Å². The van der Waals surface area contributed by atoms with Crippen LogP contribution in [-0.2, 0) is 0 Å². The number of hydrogen-bond acceptors (Lipinski definition) is 4. The van der Waals surface area contributed by atoms with Gasteiger partial charge in [-0.3, -0.25) is 9.78 Å². The van der Waals surface area contributed by atoms with Gasteiger partial charge in [0.1, 0.15) is 4.88 Å². The fourth-order valence-electron chi connectivity index (χ4n) is 4.88. The van der Waals surface area contributed by atoms with Gasteiger partial charge in [0.05, 0.1) is 10.4 Å². The molecule has 3 saturated carbocycles. The first-order chi connectivity index (χ1) is 10.2. The maximum atomic E-state index is 12.5. The van der Waals surface area contributed by atoms with Crippen molar-refractivity contribution in [2.75, 3.05) is 5.73 Å². The van der Waals surface area contributed by atoms with E-state index >= 15 is 0 Å². The molecule has 108 valence electrons. The molecular formula is C16H17N3OS. The van der Waals surface area contributed by atoms with Crippen molar-refractivity contribution in [1.82, 2.24) is 10.3 Å². The number of thiophene rings is 1. The molecule has 3 aliphatic rings. The zero-order valence-electron chi connectivity index (χ0n) is 11.6. The van der Waals surface area contributed by atoms with Crippen molar-refractivity contribution in [3.63, 3.8) is 0 Å². The molecule has 3 fully saturated rings. The lowest BCUT2D eigenvalue weighted by Gasteiger charge is -2.10. The average molecular weight is 299 g/mol. The first kappa shape index (κ1) is 12.0. The van der Waals surface area contributed by atoms with Crippen molar-refractivity contribution in [2.24, 2.45) is 23.7 Å². The van der Waals surface area contributed by atoms with Gasteiger partial charge in [0, 0.05) is 23.8 Å². The number of fused-ring (bicyclic) bond motifs is 6. The normalized spacial score (nSPS) is 35.9. The van der Waals surface area contributed by atoms with E-state index in [0.29, 0.717) is 16.6 Å². The number of aromatic nitrogens is 1. The highest BCUT2D eigenvalue weighted by Crippen LogP contribution is 2.65. The van der Waals surface area contributed by atoms with E-state index in [-0.39, 0.29) is 5.91 Å². The van der Waals surface area contributed by atoms with Crippen molar-refractivity contribution >= 4 is 33.0 Å². The van der Waals surface area contributed by atoms with Crippen molar-refractivity contribution in [2.45, 2.75) is 25.3 Å². The van der Waals surface area contributed by atoms with Crippen LogP contribution in [-0.4, -0.2) is 16.9 Å². The van der Waals surface area contributed by atoms with Crippen molar-refractivity contribution in [3.8, 4) is 0 Å². The number of nitrogens with zero attached hydrogens (tertiary/aromatic N) is 1. The van der Waals surface area contributed by atoms with E-state index in [1.807, 2.05) is 6.07 Å². The molecule has 0 saturated heterocycles. The lowest BCUT2D eigenvalue weighted by atomic mass is 10.0. The lowest BCUT2D eigenvalue weighted by Crippen LogP contribution is -2.29. The van der Waals surface area contributed by atoms with E-state index in [1.54, 1.807) is 12.4 Å². The smallest absolute Gasteiger partial charge is 0.263 e. The number of anilines is 1. The standard InChI is InChI=1S/C16H17N3OS/c17-13-9-3-4-18-6-10(9)21-15(13)16(20)19-14-11-7-1-2-8(5-7)12(11)14/h3-4,6-8,11-12,14H,1-2,5,17H2,(H,19,20). The molecule has 5 rings (SSSR count). The van der Waals surface area contributed by atoms with Crippen LogP contribution in [0.25, 0.3) is 10.1 Å². The zero-order chi connectivity index (χ0) is 14.1. The van der Waals surface area contributed by atoms with Gasteiger partial charge in [0.15, 0.2) is 0 Å². The molecular weight excluding hydrogens is 282 g/mol. The number of pyridine rings is 1. The molecule has 5 heteroatoms. The van der Waals surface area contributed by atoms with Crippen LogP contribution in [0.3, 0.4) is 0 Å². The van der Waals surface area contributed by atoms with E-state index in [2.05, 4.69) is 10.3 Å². The molecule has 2 aromatic rings. The highest BCUT2D eigenvalue weighted by Gasteiger charge is 2.65. The molecule has 2 aromatic heterocycles. The Morgan fingerprint density at radius 1 is 1.33 bits per heavy atom. The summed E-state index contributed by atoms with van der Waals surface area (Å²) in [6.07, 6.45) is 7.64. The summed E-state index contributed by atoms with van der Waals surface area (Å²) in [5, 5.41) is 4.19. The van der Waals surface area contributed by atoms with Gasteiger partial charge in [-0.2, -0.15) is 0 Å². The quantitative estimate of drug-likeness (QED) is 0.896. The predicted octanol–water partition coefficient (Wildman–Crippen LogP) is 2.65. The molecule has 3 aliphatic carbocycles. The summed E-state index contributed by atoms with van der Waals surface area (Å²) < 4.78 is 0.983. The van der Waals surface area contributed by atoms with Crippen LogP contribution in [0.1, 0.15) is 28.9 Å². The number of amides is 1. The molecule has 0 aromatic carbocycles. The predicted molar refractivity (Wildman–Crippen MR) is 83.1 cm³/mol. The molecule has 0 spiro atoms. The summed E-state index contributed by atoms with van der Waals surface area (Å²) in [5.41, 5.74) is 6.74. The Bertz CT molecular complexity index is 739. The van der Waals surface area contributed by atoms with Gasteiger partial charge in [-0.25, -0.2) is 0 Å². The molecule has 4 unspecified atom stereocenters. The molecule has 4 nitrogen and oxygen atoms in total. The Morgan fingerprint density at radius 2 is 2.10 bits per heavy atom. The van der Waals surface area contributed by atoms with Crippen LogP contribution in [0, 0.1) is 23.7 Å². The Balaban J connectivity index is 1.40. The van der Waals surface area contributed by atoms with Crippen LogP contribution in [0.2, 0.25) is 0 Å². The number of hydrogen-bond donors (Lipinski definition) is 2. The second-order valence-electron chi connectivity index (χ2n) is 6.70. The maximum Gasteiger partial charge on any atom is 0.263 e. The van der Waals surface area contributed by atoms with Crippen molar-refractivity contribution < 1.29 is 4.79 Å². The van der Waals surface area contributed by atoms with Crippen LogP contribution in [0.15, 0.2) is 18.5 Å². The molecule has 0 aliphatic heterocycles. The number of rotatable bonds is 2. The second-order valence-corrected chi connectivity index (χ2v) is 7.76. The minimum Gasteiger partial charge on any atom is -0.397 e. The van der Waals surface area contributed by atoms with E-state index in [4.69, 9.17) is 5.73 Å². The van der Waals surface area contributed by atoms with Crippen LogP contribution < -0.4 is 11.1 Å². The third-order valence-corrected chi connectivity index (χ3v) is 6.93. The Morgan fingerprint density at radius 3 is 2.81 bits per heavy atom. The molecule has 3 N–H and O–H groups in total. The zero-order valence-corrected chi connectivity index (χ0v) is 12.4. The fraction of sp³-hybridized carbons (Fsp3) is 0.500. The van der Waals surface area contributed by atoms with Gasteiger partial charge in [-0.05, 0) is 49.0 Å². The third kappa shape index (κ3) is 1.55. The van der Waals surface area contributed by atoms with Gasteiger partial charge < -0.3 is 11.1 Å². The summed E-state index contributed by atoms with van der Waals surface area (Å²) in [5.74, 6) is 3.26. The summed E-state index contributed by atoms with van der Waals surface area (Å²) in [6, 6.07) is 2.29. The Hall–Kier alpha value is -1.62. The molecule has 0 radical (unpaired) electrons. The SMILES string of the molecule is Nc1c(C(=O)NC2C3C4CCC(C4)C23)sc2cnccc12. The molecule has 1 amide bonds. The Labute approximate surface area is 126 Å². The highest BCUT2D eigenvalue weighted by atomic mass is 32.1. The minimum absolute atomic E-state index is 0.00694. The maximum absolute atomic E-state index is 12.5. The second kappa shape index (κ2) is 3.97. The van der Waals surface area contributed by atoms with Crippen LogP contribution in [0.4, 0.5) is 5.69 Å². The first-order valence-corrected chi connectivity index (χ1v) is 8.48. The third-order valence-electron chi connectivity index (χ3n) is 5.77. The van der Waals surface area contributed by atoms with Gasteiger partial charge in [-0.15, -0.1) is 11.3 Å². The summed E-state index contributed by atoms with van der Waals surface area (Å²) >= 11 is 1.45. The topological polar surface area (TPSA) is 68.0 Å². The molecule has 2 bridgehead atoms. The average Bonchev–Trinajstić information content (AvgIpc) is 2.84. The number of carbonyl (C=O) groups excluding carboxylic acids is 1. The number of nitrogens with two attached hydrogens (primary N) is 1. The number of nitrogen functional groups attached to an aromatic ring is 1. The van der Waals surface area contributed by atoms with Crippen LogP contribution in [0.5, 0.6) is 0 Å². The summed E-state index contributed by atoms with van der Waals surface area (Å²) in [4.78, 5) is 17.3. The monoisotopic (exact) mass is 299 g/mol. The molecule has 4 atom stereocenters. The van der Waals surface area contributed by atoms with E-state index in [1.165, 1.54) is 30.6 Å². The Kier molecular flexibility index (Phi) is 2.27. The first-order valence-electron chi connectivity index (χ1n) is 7.67. The van der Waals surface area contributed by atoms with Gasteiger partial charge in [-0.1, -0.05) is 0 Å². The number of nitrogens with one attached hydrogen (secondary N) is 1. The van der Waals surface area contributed by atoms with Crippen molar-refractivity contribution in [3.05, 3.63) is 23.3 Å². The van der Waals surface area contributed by atoms with E-state index in [0.717, 1.165) is 33.8 Å². The molecule has 21 heavy (non-hydrogen) atoms. The summed E-state index contributed by atoms with van der Waals surface area (Å²) in [7, 11) is 0. The largest absolute Gasteiger partial charge is 0.397 e. The molecule has 2 heterocycles. The van der Waals surface area contributed by atoms with Crippen molar-refractivity contribution in [1.29, 1.82) is 0 Å².